The number of aryl methyl sites for hydroxylation is 2. The second kappa shape index (κ2) is 10.7. The third-order valence-electron chi connectivity index (χ3n) is 5.75. The summed E-state index contributed by atoms with van der Waals surface area (Å²) in [6, 6.07) is 14.7. The molecule has 3 rings (SSSR count). The lowest BCUT2D eigenvalue weighted by atomic mass is 10.1. The Morgan fingerprint density at radius 1 is 1.03 bits per heavy atom. The topological polar surface area (TPSA) is 54.3 Å². The van der Waals surface area contributed by atoms with Crippen molar-refractivity contribution >= 4 is 23.4 Å². The number of nitrogens with zero attached hydrogens (tertiary/aromatic N) is 5. The van der Waals surface area contributed by atoms with E-state index in [-0.39, 0.29) is 5.91 Å². The fourth-order valence-electron chi connectivity index (χ4n) is 3.71. The van der Waals surface area contributed by atoms with Crippen molar-refractivity contribution in [1.29, 1.82) is 0 Å². The molecule has 0 aliphatic rings. The average Bonchev–Trinajstić information content (AvgIpc) is 3.15. The van der Waals surface area contributed by atoms with Crippen LogP contribution in [0.2, 0.25) is 0 Å². The van der Waals surface area contributed by atoms with Crippen molar-refractivity contribution in [1.82, 2.24) is 19.7 Å². The third-order valence-corrected chi connectivity index (χ3v) is 6.75. The molecule has 3 aromatic rings. The molecule has 0 fully saturated rings. The Balaban J connectivity index is 1.62. The maximum absolute atomic E-state index is 12.7. The summed E-state index contributed by atoms with van der Waals surface area (Å²) in [5, 5.41) is 9.42. The number of hydrogen-bond acceptors (Lipinski definition) is 5. The van der Waals surface area contributed by atoms with E-state index in [9.17, 15) is 4.79 Å². The summed E-state index contributed by atoms with van der Waals surface area (Å²) in [7, 11) is 3.79. The van der Waals surface area contributed by atoms with Gasteiger partial charge in [0.2, 0.25) is 5.91 Å². The highest BCUT2D eigenvalue weighted by molar-refractivity contribution is 7.99. The summed E-state index contributed by atoms with van der Waals surface area (Å²) in [5.74, 6) is 1.20. The monoisotopic (exact) mass is 451 g/mol. The number of benzene rings is 2. The van der Waals surface area contributed by atoms with Crippen LogP contribution in [0.1, 0.15) is 30.5 Å². The van der Waals surface area contributed by atoms with E-state index in [1.807, 2.05) is 18.7 Å². The lowest BCUT2D eigenvalue weighted by Gasteiger charge is -2.21. The minimum absolute atomic E-state index is 0.0723. The Hall–Kier alpha value is -2.80. The van der Waals surface area contributed by atoms with Crippen LogP contribution in [0.4, 0.5) is 5.69 Å². The summed E-state index contributed by atoms with van der Waals surface area (Å²) in [5.41, 5.74) is 5.83. The average molecular weight is 452 g/mol. The van der Waals surface area contributed by atoms with Gasteiger partial charge in [0.15, 0.2) is 11.0 Å². The zero-order valence-corrected chi connectivity index (χ0v) is 20.7. The highest BCUT2D eigenvalue weighted by atomic mass is 32.2. The third kappa shape index (κ3) is 5.51. The van der Waals surface area contributed by atoms with Gasteiger partial charge in [-0.25, -0.2) is 0 Å². The van der Waals surface area contributed by atoms with Crippen LogP contribution in [-0.2, 0) is 18.4 Å². The molecule has 0 bridgehead atoms. The highest BCUT2D eigenvalue weighted by Gasteiger charge is 2.16. The first-order valence-corrected chi connectivity index (χ1v) is 12.0. The van der Waals surface area contributed by atoms with Crippen molar-refractivity contribution in [3.05, 3.63) is 59.2 Å². The summed E-state index contributed by atoms with van der Waals surface area (Å²) in [4.78, 5) is 16.8. The highest BCUT2D eigenvalue weighted by Crippen LogP contribution is 2.25. The largest absolute Gasteiger partial charge is 0.372 e. The Bertz CT molecular complexity index is 1060. The minimum Gasteiger partial charge on any atom is -0.372 e. The zero-order valence-electron chi connectivity index (χ0n) is 19.9. The van der Waals surface area contributed by atoms with Gasteiger partial charge in [0, 0.05) is 45.0 Å². The molecule has 1 aromatic heterocycles. The molecule has 170 valence electrons. The van der Waals surface area contributed by atoms with Gasteiger partial charge >= 0.3 is 0 Å². The molecule has 7 heteroatoms. The van der Waals surface area contributed by atoms with Crippen LogP contribution in [0.15, 0.2) is 47.6 Å². The molecule has 0 aliphatic heterocycles. The van der Waals surface area contributed by atoms with Crippen molar-refractivity contribution < 1.29 is 4.79 Å². The molecule has 0 spiro atoms. The van der Waals surface area contributed by atoms with Crippen LogP contribution in [0.5, 0.6) is 0 Å². The van der Waals surface area contributed by atoms with Gasteiger partial charge in [-0.15, -0.1) is 10.2 Å². The van der Waals surface area contributed by atoms with E-state index in [1.54, 1.807) is 4.90 Å². The summed E-state index contributed by atoms with van der Waals surface area (Å²) < 4.78 is 1.95. The molecule has 2 aromatic carbocycles. The second-order valence-electron chi connectivity index (χ2n) is 8.05. The van der Waals surface area contributed by atoms with Gasteiger partial charge in [0.25, 0.3) is 0 Å². The van der Waals surface area contributed by atoms with E-state index in [0.29, 0.717) is 12.3 Å². The number of thioether (sulfide) groups is 1. The van der Waals surface area contributed by atoms with Crippen LogP contribution in [0, 0.1) is 13.8 Å². The van der Waals surface area contributed by atoms with Crippen LogP contribution in [0.25, 0.3) is 11.4 Å². The SMILES string of the molecule is CCN(CC)c1ccc(-c2nnc(SCC(=O)N(C)Cc3ccc(C)cc3C)n2C)cc1. The predicted octanol–water partition coefficient (Wildman–Crippen LogP) is 4.70. The standard InChI is InChI=1S/C25H33N5OS/c1-7-30(8-2)22-13-11-20(12-14-22)24-26-27-25(29(24)6)32-17-23(31)28(5)16-21-10-9-18(3)15-19(21)4/h9-15H,7-8,16-17H2,1-6H3. The second-order valence-corrected chi connectivity index (χ2v) is 9.00. The van der Waals surface area contributed by atoms with Gasteiger partial charge in [-0.05, 0) is 63.1 Å². The van der Waals surface area contributed by atoms with E-state index in [2.05, 4.69) is 85.3 Å². The van der Waals surface area contributed by atoms with E-state index < -0.39 is 0 Å². The van der Waals surface area contributed by atoms with Gasteiger partial charge < -0.3 is 14.4 Å². The summed E-state index contributed by atoms with van der Waals surface area (Å²) in [6.07, 6.45) is 0. The van der Waals surface area contributed by atoms with Crippen molar-refractivity contribution in [2.45, 2.75) is 39.4 Å². The summed E-state index contributed by atoms with van der Waals surface area (Å²) in [6.45, 7) is 11.0. The van der Waals surface area contributed by atoms with Gasteiger partial charge in [-0.2, -0.15) is 0 Å². The molecule has 0 saturated heterocycles. The number of anilines is 1. The van der Waals surface area contributed by atoms with E-state index in [0.717, 1.165) is 29.6 Å². The Kier molecular flexibility index (Phi) is 7.96. The normalized spacial score (nSPS) is 10.9. The minimum atomic E-state index is 0.0723. The molecule has 0 N–H and O–H groups in total. The molecule has 0 radical (unpaired) electrons. The van der Waals surface area contributed by atoms with E-state index in [4.69, 9.17) is 0 Å². The Labute approximate surface area is 195 Å². The van der Waals surface area contributed by atoms with E-state index >= 15 is 0 Å². The molecular weight excluding hydrogens is 418 g/mol. The number of amides is 1. The first kappa shape index (κ1) is 23.9. The Morgan fingerprint density at radius 3 is 2.34 bits per heavy atom. The lowest BCUT2D eigenvalue weighted by molar-refractivity contribution is -0.127. The fraction of sp³-hybridized carbons (Fsp3) is 0.400. The molecular formula is C25H33N5OS. The van der Waals surface area contributed by atoms with Crippen LogP contribution in [0.3, 0.4) is 0 Å². The van der Waals surface area contributed by atoms with Crippen LogP contribution in [-0.4, -0.2) is 51.5 Å². The molecule has 0 saturated carbocycles. The first-order valence-electron chi connectivity index (χ1n) is 11.0. The number of rotatable bonds is 9. The number of carbonyl (C=O) groups is 1. The molecule has 1 heterocycles. The molecule has 6 nitrogen and oxygen atoms in total. The van der Waals surface area contributed by atoms with Crippen molar-refractivity contribution in [3.63, 3.8) is 0 Å². The molecule has 32 heavy (non-hydrogen) atoms. The molecule has 1 amide bonds. The fourth-order valence-corrected chi connectivity index (χ4v) is 4.56. The molecule has 0 unspecified atom stereocenters. The van der Waals surface area contributed by atoms with Gasteiger partial charge in [-0.1, -0.05) is 35.5 Å². The van der Waals surface area contributed by atoms with E-state index in [1.165, 1.54) is 34.1 Å². The lowest BCUT2D eigenvalue weighted by Crippen LogP contribution is -2.28. The van der Waals surface area contributed by atoms with Gasteiger partial charge in [0.05, 0.1) is 5.75 Å². The summed E-state index contributed by atoms with van der Waals surface area (Å²) >= 11 is 1.42. The van der Waals surface area contributed by atoms with Crippen molar-refractivity contribution in [2.24, 2.45) is 7.05 Å². The maximum atomic E-state index is 12.7. The quantitative estimate of drug-likeness (QED) is 0.442. The van der Waals surface area contributed by atoms with Gasteiger partial charge in [0.1, 0.15) is 0 Å². The zero-order chi connectivity index (χ0) is 23.3. The van der Waals surface area contributed by atoms with Crippen molar-refractivity contribution in [3.8, 4) is 11.4 Å². The number of aromatic nitrogens is 3. The number of carbonyl (C=O) groups excluding carboxylic acids is 1. The van der Waals surface area contributed by atoms with Crippen LogP contribution >= 0.6 is 11.8 Å². The maximum Gasteiger partial charge on any atom is 0.233 e. The predicted molar refractivity (Wildman–Crippen MR) is 133 cm³/mol. The Morgan fingerprint density at radius 2 is 1.72 bits per heavy atom. The molecule has 0 atom stereocenters. The van der Waals surface area contributed by atoms with Crippen molar-refractivity contribution in [2.75, 3.05) is 30.8 Å². The first-order chi connectivity index (χ1) is 15.3. The number of hydrogen-bond donors (Lipinski definition) is 0. The van der Waals surface area contributed by atoms with Crippen LogP contribution < -0.4 is 4.90 Å². The van der Waals surface area contributed by atoms with Gasteiger partial charge in [-0.3, -0.25) is 4.79 Å². The molecule has 0 aliphatic carbocycles. The smallest absolute Gasteiger partial charge is 0.233 e.